The Hall–Kier alpha value is -4.11. The average Bonchev–Trinajstić information content (AvgIpc) is 3.56. The molecular weight excluding hydrogens is 478 g/mol. The third-order valence-electron chi connectivity index (χ3n) is 5.84. The SMILES string of the molecule is COc1cc(OC)c(/C(O)=C2/C(=O)C(=O)N(c3ccc4c(c3)OCO4)C2c2ccc(C)o2)cc1Cl. The normalized spacial score (nSPS) is 18.3. The topological polar surface area (TPSA) is 108 Å². The van der Waals surface area contributed by atoms with E-state index in [4.69, 9.17) is 35.0 Å². The van der Waals surface area contributed by atoms with Crippen LogP contribution in [0.2, 0.25) is 5.02 Å². The smallest absolute Gasteiger partial charge is 0.300 e. The van der Waals surface area contributed by atoms with Gasteiger partial charge < -0.3 is 28.5 Å². The molecular formula is C25H20ClNO8. The van der Waals surface area contributed by atoms with Crippen LogP contribution in [-0.4, -0.2) is 37.8 Å². The molecule has 1 atom stereocenters. The number of aryl methyl sites for hydroxylation is 1. The van der Waals surface area contributed by atoms with Crippen LogP contribution >= 0.6 is 11.6 Å². The Balaban J connectivity index is 1.72. The summed E-state index contributed by atoms with van der Waals surface area (Å²) in [7, 11) is 2.84. The standard InChI is InChI=1S/C25H20ClNO8/c1-12-4-6-17(35-12)22-21(23(28)14-9-15(26)19(32-3)10-18(14)31-2)24(29)25(30)27(22)13-5-7-16-20(8-13)34-11-33-16/h4-10,22,28H,11H2,1-3H3/b23-21-. The monoisotopic (exact) mass is 497 g/mol. The van der Waals surface area contributed by atoms with E-state index in [1.807, 2.05) is 0 Å². The van der Waals surface area contributed by atoms with E-state index in [0.717, 1.165) is 0 Å². The van der Waals surface area contributed by atoms with Crippen LogP contribution in [0.25, 0.3) is 5.76 Å². The van der Waals surface area contributed by atoms with E-state index in [1.54, 1.807) is 37.3 Å². The first kappa shape index (κ1) is 22.7. The van der Waals surface area contributed by atoms with Crippen molar-refractivity contribution >= 4 is 34.7 Å². The molecule has 1 fully saturated rings. The fraction of sp³-hybridized carbons (Fsp3) is 0.200. The Morgan fingerprint density at radius 1 is 1.03 bits per heavy atom. The summed E-state index contributed by atoms with van der Waals surface area (Å²) in [5.74, 6) is 0.131. The molecule has 1 saturated heterocycles. The minimum Gasteiger partial charge on any atom is -0.507 e. The molecule has 0 aliphatic carbocycles. The second-order valence-electron chi connectivity index (χ2n) is 7.84. The Morgan fingerprint density at radius 2 is 1.77 bits per heavy atom. The lowest BCUT2D eigenvalue weighted by molar-refractivity contribution is -0.132. The van der Waals surface area contributed by atoms with E-state index >= 15 is 0 Å². The van der Waals surface area contributed by atoms with Crippen molar-refractivity contribution in [3.05, 3.63) is 70.1 Å². The van der Waals surface area contributed by atoms with Gasteiger partial charge in [0, 0.05) is 17.8 Å². The van der Waals surface area contributed by atoms with E-state index in [0.29, 0.717) is 34.5 Å². The maximum Gasteiger partial charge on any atom is 0.300 e. The summed E-state index contributed by atoms with van der Waals surface area (Å²) in [6.45, 7) is 1.79. The molecule has 1 unspecified atom stereocenters. The number of carbonyl (C=O) groups is 2. The Bertz CT molecular complexity index is 1390. The lowest BCUT2D eigenvalue weighted by Crippen LogP contribution is -2.29. The first-order chi connectivity index (χ1) is 16.8. The van der Waals surface area contributed by atoms with E-state index < -0.39 is 23.5 Å². The van der Waals surface area contributed by atoms with Crippen molar-refractivity contribution in [2.24, 2.45) is 0 Å². The van der Waals surface area contributed by atoms with Gasteiger partial charge in [0.25, 0.3) is 11.7 Å². The largest absolute Gasteiger partial charge is 0.507 e. The molecule has 0 spiro atoms. The van der Waals surface area contributed by atoms with Crippen LogP contribution in [0.3, 0.4) is 0 Å². The number of fused-ring (bicyclic) bond motifs is 1. The zero-order chi connectivity index (χ0) is 24.9. The first-order valence-electron chi connectivity index (χ1n) is 10.5. The van der Waals surface area contributed by atoms with Crippen molar-refractivity contribution in [2.45, 2.75) is 13.0 Å². The van der Waals surface area contributed by atoms with Crippen molar-refractivity contribution in [3.8, 4) is 23.0 Å². The second kappa shape index (κ2) is 8.59. The van der Waals surface area contributed by atoms with Gasteiger partial charge in [0.2, 0.25) is 6.79 Å². The zero-order valence-electron chi connectivity index (χ0n) is 19.0. The molecule has 10 heteroatoms. The predicted molar refractivity (Wildman–Crippen MR) is 125 cm³/mol. The number of hydrogen-bond acceptors (Lipinski definition) is 8. The van der Waals surface area contributed by atoms with E-state index in [1.165, 1.54) is 31.3 Å². The van der Waals surface area contributed by atoms with Gasteiger partial charge in [-0.3, -0.25) is 14.5 Å². The molecule has 2 aliphatic rings. The van der Waals surface area contributed by atoms with Crippen molar-refractivity contribution in [2.75, 3.05) is 25.9 Å². The van der Waals surface area contributed by atoms with Crippen molar-refractivity contribution in [3.63, 3.8) is 0 Å². The van der Waals surface area contributed by atoms with Crippen LogP contribution in [0.5, 0.6) is 23.0 Å². The third kappa shape index (κ3) is 3.64. The number of benzene rings is 2. The number of anilines is 1. The van der Waals surface area contributed by atoms with E-state index in [9.17, 15) is 14.7 Å². The predicted octanol–water partition coefficient (Wildman–Crippen LogP) is 4.61. The van der Waals surface area contributed by atoms with Gasteiger partial charge in [0.15, 0.2) is 11.5 Å². The number of hydrogen-bond donors (Lipinski definition) is 1. The molecule has 180 valence electrons. The Morgan fingerprint density at radius 3 is 2.46 bits per heavy atom. The number of methoxy groups -OCH3 is 2. The number of halogens is 1. The highest BCUT2D eigenvalue weighted by Crippen LogP contribution is 2.46. The van der Waals surface area contributed by atoms with Crippen LogP contribution in [0.15, 0.2) is 52.5 Å². The Kier molecular flexibility index (Phi) is 5.56. The minimum absolute atomic E-state index is 0.0520. The third-order valence-corrected chi connectivity index (χ3v) is 6.13. The van der Waals surface area contributed by atoms with Crippen molar-refractivity contribution in [1.29, 1.82) is 0 Å². The highest BCUT2D eigenvalue weighted by molar-refractivity contribution is 6.51. The lowest BCUT2D eigenvalue weighted by Gasteiger charge is -2.24. The summed E-state index contributed by atoms with van der Waals surface area (Å²) in [6, 6.07) is 10.1. The molecule has 0 radical (unpaired) electrons. The van der Waals surface area contributed by atoms with Gasteiger partial charge in [0.05, 0.1) is 30.4 Å². The van der Waals surface area contributed by atoms with Crippen LogP contribution in [0.1, 0.15) is 23.1 Å². The first-order valence-corrected chi connectivity index (χ1v) is 10.9. The van der Waals surface area contributed by atoms with Crippen molar-refractivity contribution < 1.29 is 38.1 Å². The number of carbonyl (C=O) groups excluding carboxylic acids is 2. The Labute approximate surface area is 205 Å². The number of rotatable bonds is 5. The van der Waals surface area contributed by atoms with Crippen molar-refractivity contribution in [1.82, 2.24) is 0 Å². The van der Waals surface area contributed by atoms with Gasteiger partial charge in [-0.15, -0.1) is 0 Å². The summed E-state index contributed by atoms with van der Waals surface area (Å²) < 4.78 is 27.2. The van der Waals surface area contributed by atoms with Crippen LogP contribution in [-0.2, 0) is 9.59 Å². The summed E-state index contributed by atoms with van der Waals surface area (Å²) in [4.78, 5) is 27.9. The highest BCUT2D eigenvalue weighted by Gasteiger charge is 2.49. The lowest BCUT2D eigenvalue weighted by atomic mass is 9.98. The molecule has 1 amide bonds. The molecule has 0 bridgehead atoms. The highest BCUT2D eigenvalue weighted by atomic mass is 35.5. The second-order valence-corrected chi connectivity index (χ2v) is 8.25. The molecule has 1 N–H and O–H groups in total. The number of ether oxygens (including phenoxy) is 4. The van der Waals surface area contributed by atoms with Crippen LogP contribution < -0.4 is 23.8 Å². The van der Waals surface area contributed by atoms with Gasteiger partial charge in [0.1, 0.15) is 34.8 Å². The molecule has 9 nitrogen and oxygen atoms in total. The maximum atomic E-state index is 13.3. The summed E-state index contributed by atoms with van der Waals surface area (Å²) in [6.07, 6.45) is 0. The van der Waals surface area contributed by atoms with Gasteiger partial charge in [-0.05, 0) is 37.3 Å². The molecule has 2 aliphatic heterocycles. The molecule has 3 heterocycles. The molecule has 0 saturated carbocycles. The fourth-order valence-corrected chi connectivity index (χ4v) is 4.43. The quantitative estimate of drug-likeness (QED) is 0.309. The zero-order valence-corrected chi connectivity index (χ0v) is 19.7. The molecule has 5 rings (SSSR count). The number of aliphatic hydroxyl groups is 1. The van der Waals surface area contributed by atoms with Gasteiger partial charge >= 0.3 is 0 Å². The van der Waals surface area contributed by atoms with Crippen LogP contribution in [0, 0.1) is 6.92 Å². The molecule has 3 aromatic rings. The molecule has 2 aromatic carbocycles. The number of nitrogens with zero attached hydrogens (tertiary/aromatic N) is 1. The number of Topliss-reactive ketones (excluding diaryl/α,β-unsaturated/α-hetero) is 1. The van der Waals surface area contributed by atoms with Crippen LogP contribution in [0.4, 0.5) is 5.69 Å². The van der Waals surface area contributed by atoms with Gasteiger partial charge in [-0.1, -0.05) is 11.6 Å². The number of amides is 1. The van der Waals surface area contributed by atoms with Gasteiger partial charge in [-0.2, -0.15) is 0 Å². The maximum absolute atomic E-state index is 13.3. The number of furan rings is 1. The van der Waals surface area contributed by atoms with E-state index in [-0.39, 0.29) is 28.7 Å². The summed E-state index contributed by atoms with van der Waals surface area (Å²) in [5, 5.41) is 11.6. The average molecular weight is 498 g/mol. The van der Waals surface area contributed by atoms with Gasteiger partial charge in [-0.25, -0.2) is 0 Å². The summed E-state index contributed by atoms with van der Waals surface area (Å²) >= 11 is 6.29. The fourth-order valence-electron chi connectivity index (χ4n) is 4.19. The van der Waals surface area contributed by atoms with E-state index in [2.05, 4.69) is 0 Å². The molecule has 1 aromatic heterocycles. The summed E-state index contributed by atoms with van der Waals surface area (Å²) in [5.41, 5.74) is 0.311. The molecule has 35 heavy (non-hydrogen) atoms. The minimum atomic E-state index is -1.06. The number of ketones is 1. The number of aliphatic hydroxyl groups excluding tert-OH is 1.